The number of nitrogens with one attached hydrogen (secondary N) is 3. The summed E-state index contributed by atoms with van der Waals surface area (Å²) in [7, 11) is 0. The summed E-state index contributed by atoms with van der Waals surface area (Å²) in [6, 6.07) is 4.54. The van der Waals surface area contributed by atoms with Gasteiger partial charge >= 0.3 is 0 Å². The van der Waals surface area contributed by atoms with E-state index < -0.39 is 47.0 Å². The van der Waals surface area contributed by atoms with Crippen molar-refractivity contribution in [2.45, 2.75) is 177 Å². The average molecular weight is 1510 g/mol. The predicted molar refractivity (Wildman–Crippen MR) is 401 cm³/mol. The van der Waals surface area contributed by atoms with E-state index >= 15 is 13.2 Å². The lowest BCUT2D eigenvalue weighted by Gasteiger charge is -2.24. The molecule has 1 aliphatic carbocycles. The third-order valence-corrected chi connectivity index (χ3v) is 20.0. The van der Waals surface area contributed by atoms with Crippen LogP contribution in [0.1, 0.15) is 220 Å². The Labute approximate surface area is 624 Å². The summed E-state index contributed by atoms with van der Waals surface area (Å²) in [5.74, 6) is -0.702. The van der Waals surface area contributed by atoms with Gasteiger partial charge in [0.2, 0.25) is 0 Å². The number of hydrogen-bond donors (Lipinski definition) is 6. The van der Waals surface area contributed by atoms with Gasteiger partial charge in [-0.15, -0.1) is 0 Å². The predicted octanol–water partition coefficient (Wildman–Crippen LogP) is 14.7. The summed E-state index contributed by atoms with van der Waals surface area (Å²) in [5, 5.41) is 8.17. The molecule has 6 aromatic heterocycles. The molecule has 0 bridgehead atoms. The summed E-state index contributed by atoms with van der Waals surface area (Å²) >= 11 is 19.0. The summed E-state index contributed by atoms with van der Waals surface area (Å²) in [6.45, 7) is 26.3. The number of hydrogen-bond acceptors (Lipinski definition) is 17. The van der Waals surface area contributed by atoms with Crippen molar-refractivity contribution in [2.24, 2.45) is 17.8 Å². The van der Waals surface area contributed by atoms with Crippen molar-refractivity contribution in [3.63, 3.8) is 0 Å². The third kappa shape index (κ3) is 17.7. The maximum absolute atomic E-state index is 15.4. The largest absolute Gasteiger partial charge is 0.490 e. The highest BCUT2D eigenvalue weighted by Crippen LogP contribution is 2.44. The number of aromatic nitrogens is 9. The van der Waals surface area contributed by atoms with E-state index in [-0.39, 0.29) is 79.2 Å². The number of aryl methyl sites for hydroxylation is 3. The van der Waals surface area contributed by atoms with Crippen molar-refractivity contribution in [2.75, 3.05) is 63.3 Å². The highest BCUT2D eigenvalue weighted by atomic mass is 35.5. The first kappa shape index (κ1) is 78.9. The van der Waals surface area contributed by atoms with Crippen molar-refractivity contribution < 1.29 is 51.2 Å². The zero-order valence-corrected chi connectivity index (χ0v) is 63.8. The van der Waals surface area contributed by atoms with Gasteiger partial charge in [0.05, 0.1) is 57.1 Å². The number of imidazole rings is 3. The molecule has 9 N–H and O–H groups in total. The van der Waals surface area contributed by atoms with Gasteiger partial charge in [-0.25, -0.2) is 43.1 Å². The minimum atomic E-state index is -0.812. The molecule has 12 rings (SSSR count). The molecule has 3 amide bonds. The van der Waals surface area contributed by atoms with E-state index in [0.29, 0.717) is 124 Å². The number of fused-ring (bicyclic) bond motifs is 3. The molecule has 5 unspecified atom stereocenters. The number of rotatable bonds is 22. The molecule has 2 aliphatic heterocycles. The van der Waals surface area contributed by atoms with Gasteiger partial charge in [-0.3, -0.25) is 27.6 Å². The van der Waals surface area contributed by atoms with Gasteiger partial charge in [0.15, 0.2) is 17.5 Å². The molecule has 3 fully saturated rings. The Morgan fingerprint density at radius 3 is 1.18 bits per heavy atom. The lowest BCUT2D eigenvalue weighted by Crippen LogP contribution is -2.34. The molecule has 23 nitrogen and oxygen atoms in total. The first-order chi connectivity index (χ1) is 50.1. The molecule has 0 spiro atoms. The number of carbonyl (C=O) groups is 3. The standard InChI is InChI=1S/C26H33ClFN5O2.2C25H31ClFN5O3/c1-14(2)35-23-18(15(3)25-32-16(4)22-24(29)30-10-11-33(22)25)12-19(27)21(28)20(23)26(34)31-13-17-8-6-5-7-9-17;1-13(2)35-22-17(14(3)24-31-15(4)21-23(28)29-8-9-32(21)24)11-18(26)20(27)19(22)25(33)30-7-5-16-6-10-34-12-16;1-13(2)35-22-17(14(3)24-31-15(4)21-23(28)29-7-8-32(21)24)10-18(26)20(27)19(22)25(33)30-11-16-6-5-9-34-12-16/h10-12,14-15,17H,5-9,13H2,1-4H3,(H2,29,30)(H,31,34);8-9,11,13-14,16H,5-7,10,12H2,1-4H3,(H2,28,29)(H,30,33);7-8,10,13-14,16H,5-6,9,11-12H2,1-4H3,(H2,28,29)(H,30,33). The topological polar surface area (TPSA) is 302 Å². The second-order valence-corrected chi connectivity index (χ2v) is 29.3. The smallest absolute Gasteiger partial charge is 0.258 e. The number of benzene rings is 3. The Bertz CT molecular complexity index is 4440. The maximum atomic E-state index is 15.4. The van der Waals surface area contributed by atoms with Crippen LogP contribution in [0.5, 0.6) is 17.2 Å². The molecular formula is C76H95Cl3F3N15O8. The number of carbonyl (C=O) groups excluding carboxylic acids is 3. The summed E-state index contributed by atoms with van der Waals surface area (Å²) in [5.41, 5.74) is 23.6. The second-order valence-electron chi connectivity index (χ2n) is 28.1. The van der Waals surface area contributed by atoms with Crippen LogP contribution in [0.4, 0.5) is 30.6 Å². The fraction of sp³-hybridized carbons (Fsp3) is 0.487. The Morgan fingerprint density at radius 1 is 0.495 bits per heavy atom. The van der Waals surface area contributed by atoms with Crippen LogP contribution in [0, 0.1) is 56.0 Å². The van der Waals surface area contributed by atoms with Crippen LogP contribution in [-0.2, 0) is 9.47 Å². The molecule has 5 atom stereocenters. The van der Waals surface area contributed by atoms with Gasteiger partial charge in [0.1, 0.15) is 85.4 Å². The highest BCUT2D eigenvalue weighted by Gasteiger charge is 2.35. The van der Waals surface area contributed by atoms with Gasteiger partial charge < -0.3 is 56.8 Å². The van der Waals surface area contributed by atoms with E-state index in [1.54, 1.807) is 37.2 Å². The van der Waals surface area contributed by atoms with E-state index in [1.165, 1.54) is 24.6 Å². The molecular weight excluding hydrogens is 1410 g/mol. The van der Waals surface area contributed by atoms with Crippen LogP contribution in [0.3, 0.4) is 0 Å². The Balaban J connectivity index is 0.000000169. The number of nitrogens with zero attached hydrogens (tertiary/aromatic N) is 9. The average Bonchev–Trinajstić information content (AvgIpc) is 1.72. The summed E-state index contributed by atoms with van der Waals surface area (Å²) in [4.78, 5) is 66.4. The fourth-order valence-electron chi connectivity index (χ4n) is 14.0. The van der Waals surface area contributed by atoms with E-state index in [1.807, 2.05) is 96.3 Å². The van der Waals surface area contributed by atoms with Gasteiger partial charge in [-0.1, -0.05) is 74.8 Å². The van der Waals surface area contributed by atoms with Crippen LogP contribution in [-0.4, -0.2) is 125 Å². The fourth-order valence-corrected chi connectivity index (χ4v) is 14.6. The lowest BCUT2D eigenvalue weighted by molar-refractivity contribution is 0.0535. The first-order valence-corrected chi connectivity index (χ1v) is 37.0. The normalized spacial score (nSPS) is 16.4. The minimum Gasteiger partial charge on any atom is -0.490 e. The Morgan fingerprint density at radius 2 is 0.838 bits per heavy atom. The molecule has 9 aromatic rings. The van der Waals surface area contributed by atoms with Gasteiger partial charge in [-0.2, -0.15) is 0 Å². The zero-order chi connectivity index (χ0) is 75.8. The summed E-state index contributed by atoms with van der Waals surface area (Å²) in [6.07, 6.45) is 18.5. The van der Waals surface area contributed by atoms with E-state index in [0.717, 1.165) is 70.3 Å². The molecule has 3 aromatic carbocycles. The first-order valence-electron chi connectivity index (χ1n) is 35.9. The quantitative estimate of drug-likeness (QED) is 0.0367. The maximum Gasteiger partial charge on any atom is 0.258 e. The molecule has 3 aliphatic rings. The molecule has 0 radical (unpaired) electrons. The zero-order valence-electron chi connectivity index (χ0n) is 61.5. The Kier molecular flexibility index (Phi) is 26.1. The molecule has 1 saturated carbocycles. The third-order valence-electron chi connectivity index (χ3n) is 19.2. The van der Waals surface area contributed by atoms with Crippen molar-refractivity contribution in [1.82, 2.24) is 59.1 Å². The summed E-state index contributed by atoms with van der Waals surface area (Å²) < 4.78 is 80.6. The number of nitrogen functional groups attached to an aromatic ring is 3. The van der Waals surface area contributed by atoms with E-state index in [4.69, 9.17) is 90.6 Å². The lowest BCUT2D eigenvalue weighted by atomic mass is 9.89. The number of ether oxygens (including phenoxy) is 5. The van der Waals surface area contributed by atoms with Crippen LogP contribution in [0.15, 0.2) is 55.4 Å². The van der Waals surface area contributed by atoms with Crippen molar-refractivity contribution in [3.8, 4) is 17.2 Å². The number of amides is 3. The van der Waals surface area contributed by atoms with Crippen LogP contribution in [0.25, 0.3) is 16.6 Å². The van der Waals surface area contributed by atoms with Crippen LogP contribution >= 0.6 is 34.8 Å². The van der Waals surface area contributed by atoms with E-state index in [9.17, 15) is 14.4 Å². The van der Waals surface area contributed by atoms with Crippen LogP contribution < -0.4 is 47.4 Å². The minimum absolute atomic E-state index is 0.135. The molecule has 8 heterocycles. The number of nitrogens with two attached hydrogens (primary N) is 3. The SMILES string of the molecule is Cc1nc(C(C)c2cc(Cl)c(F)c(C(=O)NCC3CCCCC3)c2OC(C)C)n2ccnc(N)c12.Cc1nc(C(C)c2cc(Cl)c(F)c(C(=O)NCC3CCCOC3)c2OC(C)C)n2ccnc(N)c12.Cc1nc(C(C)c2cc(Cl)c(F)c(C(=O)NCCC3CCOC3)c2OC(C)C)n2ccnc(N)c12. The Hall–Kier alpha value is -8.69. The number of halogens is 6. The van der Waals surface area contributed by atoms with Gasteiger partial charge in [-0.05, 0) is 137 Å². The molecule has 105 heavy (non-hydrogen) atoms. The highest BCUT2D eigenvalue weighted by molar-refractivity contribution is 6.32. The van der Waals surface area contributed by atoms with E-state index in [2.05, 4.69) is 30.9 Å². The van der Waals surface area contributed by atoms with Crippen LogP contribution in [0.2, 0.25) is 15.1 Å². The van der Waals surface area contributed by atoms with Crippen molar-refractivity contribution >= 4 is 86.5 Å². The van der Waals surface area contributed by atoms with Crippen molar-refractivity contribution in [3.05, 3.63) is 156 Å². The monoisotopic (exact) mass is 1510 g/mol. The molecule has 564 valence electrons. The van der Waals surface area contributed by atoms with Gasteiger partial charge in [0.25, 0.3) is 17.7 Å². The van der Waals surface area contributed by atoms with Gasteiger partial charge in [0, 0.05) is 111 Å². The molecule has 29 heteroatoms. The second kappa shape index (κ2) is 34.7. The van der Waals surface area contributed by atoms with Crippen molar-refractivity contribution in [1.29, 1.82) is 0 Å². The number of anilines is 3. The molecule has 2 saturated heterocycles.